The van der Waals surface area contributed by atoms with Crippen LogP contribution >= 0.6 is 15.9 Å². The first kappa shape index (κ1) is 8.62. The molecule has 1 atom stereocenters. The molecule has 0 bridgehead atoms. The standard InChI is InChI=1S/C7H7BrFNO/c8-3-7(11)6-2-1-5(9)4-10-6/h1-2,4,7,11H,3H2. The van der Waals surface area contributed by atoms with Crippen LogP contribution in [0.1, 0.15) is 11.8 Å². The van der Waals surface area contributed by atoms with E-state index < -0.39 is 11.9 Å². The van der Waals surface area contributed by atoms with Gasteiger partial charge in [-0.1, -0.05) is 15.9 Å². The summed E-state index contributed by atoms with van der Waals surface area (Å²) in [5.74, 6) is -0.393. The fourth-order valence-corrected chi connectivity index (χ4v) is 0.995. The Morgan fingerprint density at radius 1 is 1.64 bits per heavy atom. The normalized spacial score (nSPS) is 13.0. The molecular formula is C7H7BrFNO. The van der Waals surface area contributed by atoms with Gasteiger partial charge in [-0.2, -0.15) is 0 Å². The maximum atomic E-state index is 12.3. The minimum Gasteiger partial charge on any atom is -0.386 e. The first-order chi connectivity index (χ1) is 5.24. The summed E-state index contributed by atoms with van der Waals surface area (Å²) < 4.78 is 12.3. The number of halogens is 2. The minimum atomic E-state index is -0.657. The molecule has 0 aliphatic carbocycles. The smallest absolute Gasteiger partial charge is 0.141 e. The second-order valence-corrected chi connectivity index (χ2v) is 2.72. The van der Waals surface area contributed by atoms with Crippen molar-refractivity contribution in [3.8, 4) is 0 Å². The van der Waals surface area contributed by atoms with Gasteiger partial charge in [0.15, 0.2) is 0 Å². The van der Waals surface area contributed by atoms with Crippen molar-refractivity contribution in [2.45, 2.75) is 6.10 Å². The summed E-state index contributed by atoms with van der Waals surface area (Å²) in [6.07, 6.45) is 0.428. The highest BCUT2D eigenvalue weighted by molar-refractivity contribution is 9.09. The van der Waals surface area contributed by atoms with Gasteiger partial charge in [0.05, 0.1) is 11.9 Å². The number of hydrogen-bond donors (Lipinski definition) is 1. The van der Waals surface area contributed by atoms with Gasteiger partial charge in [-0.15, -0.1) is 0 Å². The predicted octanol–water partition coefficient (Wildman–Crippen LogP) is 1.65. The molecule has 1 rings (SSSR count). The molecule has 1 heterocycles. The third kappa shape index (κ3) is 2.24. The monoisotopic (exact) mass is 219 g/mol. The molecule has 11 heavy (non-hydrogen) atoms. The zero-order valence-electron chi connectivity index (χ0n) is 5.67. The summed E-state index contributed by atoms with van der Waals surface area (Å²) in [6.45, 7) is 0. The Labute approximate surface area is 72.2 Å². The maximum Gasteiger partial charge on any atom is 0.141 e. The van der Waals surface area contributed by atoms with Gasteiger partial charge in [-0.25, -0.2) is 4.39 Å². The molecule has 1 aromatic rings. The Kier molecular flexibility index (Phi) is 2.96. The van der Waals surface area contributed by atoms with E-state index in [4.69, 9.17) is 0 Å². The van der Waals surface area contributed by atoms with Crippen molar-refractivity contribution >= 4 is 15.9 Å². The van der Waals surface area contributed by atoms with Crippen LogP contribution in [0.15, 0.2) is 18.3 Å². The summed E-state index contributed by atoms with van der Waals surface area (Å²) >= 11 is 3.09. The van der Waals surface area contributed by atoms with E-state index in [1.54, 1.807) is 0 Å². The zero-order chi connectivity index (χ0) is 8.27. The molecule has 0 amide bonds. The van der Waals surface area contributed by atoms with Crippen LogP contribution < -0.4 is 0 Å². The van der Waals surface area contributed by atoms with E-state index in [-0.39, 0.29) is 0 Å². The van der Waals surface area contributed by atoms with Gasteiger partial charge < -0.3 is 5.11 Å². The van der Waals surface area contributed by atoms with E-state index in [1.165, 1.54) is 12.1 Å². The van der Waals surface area contributed by atoms with E-state index in [2.05, 4.69) is 20.9 Å². The second-order valence-electron chi connectivity index (χ2n) is 2.07. The molecule has 0 radical (unpaired) electrons. The molecule has 1 unspecified atom stereocenters. The van der Waals surface area contributed by atoms with Crippen LogP contribution in [0.25, 0.3) is 0 Å². The van der Waals surface area contributed by atoms with E-state index in [0.29, 0.717) is 11.0 Å². The third-order valence-corrected chi connectivity index (χ3v) is 1.85. The fourth-order valence-electron chi connectivity index (χ4n) is 0.663. The molecule has 0 aliphatic rings. The average Bonchev–Trinajstić information content (AvgIpc) is 2.05. The van der Waals surface area contributed by atoms with Gasteiger partial charge >= 0.3 is 0 Å². The number of aromatic nitrogens is 1. The van der Waals surface area contributed by atoms with Crippen molar-refractivity contribution in [2.24, 2.45) is 0 Å². The highest BCUT2D eigenvalue weighted by atomic mass is 79.9. The molecule has 4 heteroatoms. The number of rotatable bonds is 2. The number of nitrogens with zero attached hydrogens (tertiary/aromatic N) is 1. The molecule has 0 spiro atoms. The molecule has 0 saturated heterocycles. The van der Waals surface area contributed by atoms with Gasteiger partial charge in [-0.05, 0) is 12.1 Å². The average molecular weight is 220 g/mol. The summed E-state index contributed by atoms with van der Waals surface area (Å²) in [7, 11) is 0. The van der Waals surface area contributed by atoms with Crippen molar-refractivity contribution in [3.63, 3.8) is 0 Å². The van der Waals surface area contributed by atoms with Gasteiger partial charge in [-0.3, -0.25) is 4.98 Å². The lowest BCUT2D eigenvalue weighted by molar-refractivity contribution is 0.200. The van der Waals surface area contributed by atoms with E-state index in [9.17, 15) is 9.50 Å². The summed E-state index contributed by atoms with van der Waals surface area (Å²) in [5, 5.41) is 9.60. The number of pyridine rings is 1. The van der Waals surface area contributed by atoms with E-state index in [0.717, 1.165) is 6.20 Å². The molecule has 1 aromatic heterocycles. The first-order valence-corrected chi connectivity index (χ1v) is 4.21. The first-order valence-electron chi connectivity index (χ1n) is 3.09. The number of aliphatic hydroxyl groups is 1. The summed E-state index contributed by atoms with van der Waals surface area (Å²) in [6, 6.07) is 2.73. The molecule has 60 valence electrons. The van der Waals surface area contributed by atoms with Crippen LogP contribution in [0.2, 0.25) is 0 Å². The fraction of sp³-hybridized carbons (Fsp3) is 0.286. The third-order valence-electron chi connectivity index (χ3n) is 1.24. The van der Waals surface area contributed by atoms with Crippen LogP contribution in [0.4, 0.5) is 4.39 Å². The summed E-state index contributed by atoms with van der Waals surface area (Å²) in [5.41, 5.74) is 0.475. The molecule has 0 aliphatic heterocycles. The van der Waals surface area contributed by atoms with Crippen LogP contribution in [-0.2, 0) is 0 Å². The Morgan fingerprint density at radius 3 is 2.82 bits per heavy atom. The van der Waals surface area contributed by atoms with Crippen LogP contribution in [0.5, 0.6) is 0 Å². The minimum absolute atomic E-state index is 0.393. The van der Waals surface area contributed by atoms with Crippen molar-refractivity contribution < 1.29 is 9.50 Å². The maximum absolute atomic E-state index is 12.3. The Balaban J connectivity index is 2.81. The Bertz CT molecular complexity index is 226. The molecule has 2 nitrogen and oxygen atoms in total. The SMILES string of the molecule is OC(CBr)c1ccc(F)cn1. The topological polar surface area (TPSA) is 33.1 Å². The Morgan fingerprint density at radius 2 is 2.36 bits per heavy atom. The van der Waals surface area contributed by atoms with E-state index in [1.807, 2.05) is 0 Å². The van der Waals surface area contributed by atoms with Crippen molar-refractivity contribution in [1.29, 1.82) is 0 Å². The molecule has 0 saturated carbocycles. The number of hydrogen-bond acceptors (Lipinski definition) is 2. The van der Waals surface area contributed by atoms with Gasteiger partial charge in [0.25, 0.3) is 0 Å². The van der Waals surface area contributed by atoms with Gasteiger partial charge in [0, 0.05) is 5.33 Å². The molecular weight excluding hydrogens is 213 g/mol. The van der Waals surface area contributed by atoms with Crippen molar-refractivity contribution in [3.05, 3.63) is 29.8 Å². The quantitative estimate of drug-likeness (QED) is 0.768. The predicted molar refractivity (Wildman–Crippen MR) is 42.9 cm³/mol. The summed E-state index contributed by atoms with van der Waals surface area (Å²) in [4.78, 5) is 3.69. The molecule has 1 N–H and O–H groups in total. The lowest BCUT2D eigenvalue weighted by Gasteiger charge is -2.04. The second kappa shape index (κ2) is 3.78. The van der Waals surface area contributed by atoms with Crippen LogP contribution in [0, 0.1) is 5.82 Å². The molecule has 0 fully saturated rings. The largest absolute Gasteiger partial charge is 0.386 e. The zero-order valence-corrected chi connectivity index (χ0v) is 7.25. The van der Waals surface area contributed by atoms with E-state index >= 15 is 0 Å². The lowest BCUT2D eigenvalue weighted by Crippen LogP contribution is -2.00. The van der Waals surface area contributed by atoms with Crippen molar-refractivity contribution in [1.82, 2.24) is 4.98 Å². The number of aliphatic hydroxyl groups excluding tert-OH is 1. The van der Waals surface area contributed by atoms with Crippen molar-refractivity contribution in [2.75, 3.05) is 5.33 Å². The number of alkyl halides is 1. The van der Waals surface area contributed by atoms with Crippen LogP contribution in [0.3, 0.4) is 0 Å². The van der Waals surface area contributed by atoms with Gasteiger partial charge in [0.2, 0.25) is 0 Å². The highest BCUT2D eigenvalue weighted by Crippen LogP contribution is 2.11. The van der Waals surface area contributed by atoms with Gasteiger partial charge in [0.1, 0.15) is 11.9 Å². The Hall–Kier alpha value is -0.480. The van der Waals surface area contributed by atoms with Crippen LogP contribution in [-0.4, -0.2) is 15.4 Å². The molecule has 0 aromatic carbocycles. The lowest BCUT2D eigenvalue weighted by atomic mass is 10.2. The highest BCUT2D eigenvalue weighted by Gasteiger charge is 2.05.